The Morgan fingerprint density at radius 3 is 2.89 bits per heavy atom. The van der Waals surface area contributed by atoms with Crippen molar-refractivity contribution in [1.29, 1.82) is 0 Å². The quantitative estimate of drug-likeness (QED) is 0.893. The van der Waals surface area contributed by atoms with Gasteiger partial charge < -0.3 is 10.4 Å². The number of rotatable bonds is 3. The van der Waals surface area contributed by atoms with Gasteiger partial charge in [-0.15, -0.1) is 0 Å². The number of carbonyl (C=O) groups excluding carboxylic acids is 1. The lowest BCUT2D eigenvalue weighted by Gasteiger charge is -2.06. The van der Waals surface area contributed by atoms with Gasteiger partial charge in [0.15, 0.2) is 0 Å². The second-order valence-electron chi connectivity index (χ2n) is 3.66. The standard InChI is InChI=1S/C13H11ClN2O2/c14-10-2-1-3-11(7-10)16-13(18)9-4-5-15-12(6-9)8-17/h1-7,17H,8H2,(H,16,18). The Balaban J connectivity index is 2.16. The van der Waals surface area contributed by atoms with Crippen LogP contribution in [-0.4, -0.2) is 16.0 Å². The number of amides is 1. The highest BCUT2D eigenvalue weighted by Crippen LogP contribution is 2.16. The summed E-state index contributed by atoms with van der Waals surface area (Å²) in [6, 6.07) is 10.0. The molecule has 4 nitrogen and oxygen atoms in total. The molecule has 0 radical (unpaired) electrons. The first-order valence-electron chi connectivity index (χ1n) is 5.32. The van der Waals surface area contributed by atoms with Gasteiger partial charge in [-0.1, -0.05) is 17.7 Å². The molecule has 0 bridgehead atoms. The van der Waals surface area contributed by atoms with Gasteiger partial charge in [-0.25, -0.2) is 0 Å². The van der Waals surface area contributed by atoms with Crippen LogP contribution in [0.15, 0.2) is 42.6 Å². The molecule has 2 aromatic rings. The highest BCUT2D eigenvalue weighted by molar-refractivity contribution is 6.30. The van der Waals surface area contributed by atoms with Gasteiger partial charge in [-0.2, -0.15) is 0 Å². The molecule has 1 heterocycles. The summed E-state index contributed by atoms with van der Waals surface area (Å²) in [4.78, 5) is 15.8. The molecule has 0 aliphatic carbocycles. The normalized spacial score (nSPS) is 10.1. The molecule has 0 saturated carbocycles. The van der Waals surface area contributed by atoms with E-state index in [-0.39, 0.29) is 12.5 Å². The Kier molecular flexibility index (Phi) is 3.92. The Labute approximate surface area is 109 Å². The number of nitrogens with one attached hydrogen (secondary N) is 1. The second-order valence-corrected chi connectivity index (χ2v) is 4.09. The topological polar surface area (TPSA) is 62.2 Å². The molecule has 0 atom stereocenters. The fourth-order valence-electron chi connectivity index (χ4n) is 1.48. The Morgan fingerprint density at radius 1 is 1.33 bits per heavy atom. The lowest BCUT2D eigenvalue weighted by Crippen LogP contribution is -2.12. The summed E-state index contributed by atoms with van der Waals surface area (Å²) >= 11 is 5.83. The smallest absolute Gasteiger partial charge is 0.255 e. The van der Waals surface area contributed by atoms with Gasteiger partial charge >= 0.3 is 0 Å². The van der Waals surface area contributed by atoms with Crippen LogP contribution in [0.4, 0.5) is 5.69 Å². The SMILES string of the molecule is O=C(Nc1cccc(Cl)c1)c1ccnc(CO)c1. The van der Waals surface area contributed by atoms with E-state index in [1.165, 1.54) is 6.20 Å². The summed E-state index contributed by atoms with van der Waals surface area (Å²) in [5, 5.41) is 12.2. The molecule has 1 aromatic carbocycles. The van der Waals surface area contributed by atoms with Gasteiger partial charge in [0.1, 0.15) is 0 Å². The van der Waals surface area contributed by atoms with Crippen LogP contribution in [0.1, 0.15) is 16.1 Å². The number of hydrogen-bond donors (Lipinski definition) is 2. The molecule has 0 spiro atoms. The first kappa shape index (κ1) is 12.5. The molecule has 0 fully saturated rings. The summed E-state index contributed by atoms with van der Waals surface area (Å²) in [6.07, 6.45) is 1.48. The second kappa shape index (κ2) is 5.62. The Hall–Kier alpha value is -1.91. The van der Waals surface area contributed by atoms with Crippen molar-refractivity contribution in [2.75, 3.05) is 5.32 Å². The fourth-order valence-corrected chi connectivity index (χ4v) is 1.67. The number of aliphatic hydroxyl groups is 1. The van der Waals surface area contributed by atoms with Crippen LogP contribution >= 0.6 is 11.6 Å². The summed E-state index contributed by atoms with van der Waals surface area (Å²) in [6.45, 7) is -0.196. The van der Waals surface area contributed by atoms with Gasteiger partial charge in [0.25, 0.3) is 5.91 Å². The highest BCUT2D eigenvalue weighted by atomic mass is 35.5. The molecule has 0 unspecified atom stereocenters. The number of anilines is 1. The van der Waals surface area contributed by atoms with Crippen LogP contribution in [-0.2, 0) is 6.61 Å². The minimum Gasteiger partial charge on any atom is -0.390 e. The summed E-state index contributed by atoms with van der Waals surface area (Å²) in [5.74, 6) is -0.269. The van der Waals surface area contributed by atoms with E-state index in [9.17, 15) is 4.79 Å². The number of carbonyl (C=O) groups is 1. The molecule has 18 heavy (non-hydrogen) atoms. The third-order valence-electron chi connectivity index (χ3n) is 2.32. The summed E-state index contributed by atoms with van der Waals surface area (Å²) in [7, 11) is 0. The molecule has 1 aromatic heterocycles. The number of aliphatic hydroxyl groups excluding tert-OH is 1. The number of pyridine rings is 1. The molecule has 1 amide bonds. The first-order valence-corrected chi connectivity index (χ1v) is 5.69. The molecular weight excluding hydrogens is 252 g/mol. The summed E-state index contributed by atoms with van der Waals surface area (Å²) < 4.78 is 0. The van der Waals surface area contributed by atoms with Gasteiger partial charge in [0.2, 0.25) is 0 Å². The Bertz CT molecular complexity index is 572. The van der Waals surface area contributed by atoms with E-state index in [1.807, 2.05) is 0 Å². The van der Waals surface area contributed by atoms with Crippen molar-refractivity contribution in [2.24, 2.45) is 0 Å². The third kappa shape index (κ3) is 3.06. The van der Waals surface area contributed by atoms with E-state index in [0.29, 0.717) is 22.0 Å². The monoisotopic (exact) mass is 262 g/mol. The highest BCUT2D eigenvalue weighted by Gasteiger charge is 2.07. The van der Waals surface area contributed by atoms with Gasteiger partial charge in [-0.05, 0) is 30.3 Å². The van der Waals surface area contributed by atoms with Crippen LogP contribution < -0.4 is 5.32 Å². The van der Waals surface area contributed by atoms with E-state index in [1.54, 1.807) is 36.4 Å². The Morgan fingerprint density at radius 2 is 2.17 bits per heavy atom. The van der Waals surface area contributed by atoms with Crippen molar-refractivity contribution in [3.63, 3.8) is 0 Å². The average Bonchev–Trinajstić information content (AvgIpc) is 2.39. The maximum atomic E-state index is 11.9. The van der Waals surface area contributed by atoms with E-state index in [0.717, 1.165) is 0 Å². The maximum absolute atomic E-state index is 11.9. The number of nitrogens with zero attached hydrogens (tertiary/aromatic N) is 1. The number of benzene rings is 1. The maximum Gasteiger partial charge on any atom is 0.255 e. The molecule has 0 aliphatic rings. The van der Waals surface area contributed by atoms with E-state index in [2.05, 4.69) is 10.3 Å². The molecule has 5 heteroatoms. The van der Waals surface area contributed by atoms with Crippen LogP contribution in [0.25, 0.3) is 0 Å². The van der Waals surface area contributed by atoms with Gasteiger partial charge in [0.05, 0.1) is 12.3 Å². The zero-order valence-corrected chi connectivity index (χ0v) is 10.2. The van der Waals surface area contributed by atoms with E-state index < -0.39 is 0 Å². The molecule has 0 aliphatic heterocycles. The van der Waals surface area contributed by atoms with Crippen LogP contribution in [0.2, 0.25) is 5.02 Å². The minimum atomic E-state index is -0.269. The number of halogens is 1. The fraction of sp³-hybridized carbons (Fsp3) is 0.0769. The van der Waals surface area contributed by atoms with Gasteiger partial charge in [0, 0.05) is 22.5 Å². The molecule has 2 rings (SSSR count). The zero-order valence-electron chi connectivity index (χ0n) is 9.43. The third-order valence-corrected chi connectivity index (χ3v) is 2.56. The van der Waals surface area contributed by atoms with Gasteiger partial charge in [-0.3, -0.25) is 9.78 Å². The predicted octanol–water partition coefficient (Wildman–Crippen LogP) is 2.48. The molecule has 0 saturated heterocycles. The number of aromatic nitrogens is 1. The van der Waals surface area contributed by atoms with Crippen molar-refractivity contribution in [1.82, 2.24) is 4.98 Å². The zero-order chi connectivity index (χ0) is 13.0. The first-order chi connectivity index (χ1) is 8.69. The lowest BCUT2D eigenvalue weighted by atomic mass is 10.2. The van der Waals surface area contributed by atoms with Crippen molar-refractivity contribution in [3.8, 4) is 0 Å². The lowest BCUT2D eigenvalue weighted by molar-refractivity contribution is 0.102. The van der Waals surface area contributed by atoms with Crippen molar-refractivity contribution < 1.29 is 9.90 Å². The summed E-state index contributed by atoms with van der Waals surface area (Å²) in [5.41, 5.74) is 1.51. The predicted molar refractivity (Wildman–Crippen MR) is 69.6 cm³/mol. The largest absolute Gasteiger partial charge is 0.390 e. The van der Waals surface area contributed by atoms with E-state index in [4.69, 9.17) is 16.7 Å². The van der Waals surface area contributed by atoms with Crippen molar-refractivity contribution in [3.05, 3.63) is 58.9 Å². The number of hydrogen-bond acceptors (Lipinski definition) is 3. The van der Waals surface area contributed by atoms with Crippen molar-refractivity contribution >= 4 is 23.2 Å². The average molecular weight is 263 g/mol. The minimum absolute atomic E-state index is 0.196. The molecular formula is C13H11ClN2O2. The molecule has 92 valence electrons. The van der Waals surface area contributed by atoms with Crippen LogP contribution in [0, 0.1) is 0 Å². The van der Waals surface area contributed by atoms with Crippen LogP contribution in [0.5, 0.6) is 0 Å². The molecule has 2 N–H and O–H groups in total. The van der Waals surface area contributed by atoms with Crippen molar-refractivity contribution in [2.45, 2.75) is 6.61 Å². The van der Waals surface area contributed by atoms with E-state index >= 15 is 0 Å². The van der Waals surface area contributed by atoms with Crippen LogP contribution in [0.3, 0.4) is 0 Å².